The maximum atomic E-state index is 14.3. The van der Waals surface area contributed by atoms with Gasteiger partial charge in [0.05, 0.1) is 12.9 Å². The van der Waals surface area contributed by atoms with Gasteiger partial charge >= 0.3 is 5.97 Å². The van der Waals surface area contributed by atoms with E-state index in [2.05, 4.69) is 20.8 Å². The van der Waals surface area contributed by atoms with Crippen molar-refractivity contribution in [1.29, 1.82) is 0 Å². The molecule has 4 saturated carbocycles. The first kappa shape index (κ1) is 21.0. The van der Waals surface area contributed by atoms with Crippen molar-refractivity contribution >= 4 is 11.8 Å². The number of rotatable bonds is 1. The summed E-state index contributed by atoms with van der Waals surface area (Å²) in [6.45, 7) is 14.3. The molecule has 0 amide bonds. The van der Waals surface area contributed by atoms with Crippen molar-refractivity contribution in [2.45, 2.75) is 112 Å². The minimum atomic E-state index is -2.24. The molecule has 34 heavy (non-hydrogen) atoms. The Balaban J connectivity index is 1.65. The lowest BCUT2D eigenvalue weighted by atomic mass is 9.33. The van der Waals surface area contributed by atoms with Crippen LogP contribution in [0.4, 0.5) is 0 Å². The van der Waals surface area contributed by atoms with Gasteiger partial charge in [-0.25, -0.2) is 0 Å². The van der Waals surface area contributed by atoms with E-state index in [0.29, 0.717) is 12.8 Å². The molecule has 4 nitrogen and oxygen atoms in total. The van der Waals surface area contributed by atoms with E-state index in [9.17, 15) is 19.8 Å². The zero-order valence-corrected chi connectivity index (χ0v) is 22.2. The summed E-state index contributed by atoms with van der Waals surface area (Å²) in [5.41, 5.74) is -2.08. The average molecular weight is 474 g/mol. The Kier molecular flexibility index (Phi) is 4.31. The molecular formula is C30H46O4. The van der Waals surface area contributed by atoms with E-state index in [0.717, 1.165) is 37.7 Å². The number of allylic oxidation sites excluding steroid dienone is 2. The first-order valence-electron chi connectivity index (χ1n) is 14.8. The normalized spacial score (nSPS) is 59.1. The minimum absolute atomic E-state index is 0.0163. The van der Waals surface area contributed by atoms with Crippen LogP contribution in [-0.4, -0.2) is 28.0 Å². The van der Waals surface area contributed by atoms with Crippen molar-refractivity contribution in [3.8, 4) is 0 Å². The Morgan fingerprint density at radius 3 is 2.32 bits per heavy atom. The largest absolute Gasteiger partial charge is 0.481 e. The summed E-state index contributed by atoms with van der Waals surface area (Å²) in [5, 5.41) is 21.2. The Labute approximate surface area is 210 Å². The third-order valence-corrected chi connectivity index (χ3v) is 12.5. The van der Waals surface area contributed by atoms with Gasteiger partial charge in [-0.05, 0) is 110 Å². The third kappa shape index (κ3) is 2.81. The maximum absolute atomic E-state index is 14.3. The smallest absolute Gasteiger partial charge is 0.309 e. The Morgan fingerprint density at radius 1 is 1.03 bits per heavy atom. The molecule has 0 radical (unpaired) electrons. The molecule has 0 heterocycles. The maximum Gasteiger partial charge on any atom is 0.309 e. The van der Waals surface area contributed by atoms with E-state index in [-0.39, 0.29) is 34.9 Å². The number of carbonyl (C=O) groups excluding carboxylic acids is 1. The number of hydrogen-bond donors (Lipinski definition) is 2. The zero-order valence-electron chi connectivity index (χ0n) is 25.2. The molecule has 0 aromatic carbocycles. The summed E-state index contributed by atoms with van der Waals surface area (Å²) in [4.78, 5) is 26.6. The van der Waals surface area contributed by atoms with E-state index in [1.54, 1.807) is 13.8 Å². The zero-order chi connectivity index (χ0) is 27.8. The number of fused-ring (bicyclic) bond motifs is 7. The number of carboxylic acid groups (broad SMARTS) is 1. The summed E-state index contributed by atoms with van der Waals surface area (Å²) < 4.78 is 26.2. The topological polar surface area (TPSA) is 74.6 Å². The van der Waals surface area contributed by atoms with E-state index < -0.39 is 46.0 Å². The van der Waals surface area contributed by atoms with Gasteiger partial charge in [0.15, 0.2) is 5.78 Å². The fraction of sp³-hybridized carbons (Fsp3) is 0.867. The van der Waals surface area contributed by atoms with Crippen LogP contribution in [0.15, 0.2) is 11.6 Å². The first-order chi connectivity index (χ1) is 16.6. The van der Waals surface area contributed by atoms with Crippen molar-refractivity contribution in [3.63, 3.8) is 0 Å². The van der Waals surface area contributed by atoms with Gasteiger partial charge in [0.2, 0.25) is 0 Å². The van der Waals surface area contributed by atoms with Gasteiger partial charge in [-0.15, -0.1) is 0 Å². The highest BCUT2D eigenvalue weighted by Gasteiger charge is 2.70. The number of carbonyl (C=O) groups is 2. The van der Waals surface area contributed by atoms with Crippen LogP contribution in [0, 0.1) is 50.2 Å². The fourth-order valence-corrected chi connectivity index (χ4v) is 9.85. The van der Waals surface area contributed by atoms with Crippen LogP contribution in [0.5, 0.6) is 0 Å². The van der Waals surface area contributed by atoms with Gasteiger partial charge in [0.1, 0.15) is 0 Å². The molecule has 5 aliphatic carbocycles. The second kappa shape index (κ2) is 6.99. The van der Waals surface area contributed by atoms with E-state index in [1.807, 2.05) is 19.9 Å². The monoisotopic (exact) mass is 473 g/mol. The van der Waals surface area contributed by atoms with Crippen molar-refractivity contribution in [1.82, 2.24) is 0 Å². The van der Waals surface area contributed by atoms with Crippen LogP contribution in [-0.2, 0) is 9.59 Å². The lowest BCUT2D eigenvalue weighted by Crippen LogP contribution is -2.66. The number of aliphatic hydroxyl groups is 1. The number of aliphatic carboxylic acids is 1. The second-order valence-corrected chi connectivity index (χ2v) is 14.5. The molecule has 0 spiro atoms. The number of ketones is 1. The predicted octanol–water partition coefficient (Wildman–Crippen LogP) is 6.41. The second-order valence-electron chi connectivity index (χ2n) is 14.5. The van der Waals surface area contributed by atoms with Crippen LogP contribution >= 0.6 is 0 Å². The summed E-state index contributed by atoms with van der Waals surface area (Å²) in [7, 11) is 0. The van der Waals surface area contributed by atoms with Crippen molar-refractivity contribution < 1.29 is 23.9 Å². The van der Waals surface area contributed by atoms with Crippen LogP contribution in [0.2, 0.25) is 0 Å². The van der Waals surface area contributed by atoms with Gasteiger partial charge in [0.25, 0.3) is 0 Å². The Morgan fingerprint density at radius 2 is 1.68 bits per heavy atom. The summed E-state index contributed by atoms with van der Waals surface area (Å²) in [6.07, 6.45) is 2.96. The van der Waals surface area contributed by atoms with Gasteiger partial charge in [-0.1, -0.05) is 47.1 Å². The quantitative estimate of drug-likeness (QED) is 0.461. The molecule has 4 fully saturated rings. The van der Waals surface area contributed by atoms with Gasteiger partial charge in [0, 0.05) is 8.66 Å². The lowest BCUT2D eigenvalue weighted by molar-refractivity contribution is -0.202. The van der Waals surface area contributed by atoms with Crippen LogP contribution in [0.1, 0.15) is 110 Å². The highest BCUT2D eigenvalue weighted by Crippen LogP contribution is 2.75. The summed E-state index contributed by atoms with van der Waals surface area (Å²) >= 11 is 0. The molecule has 0 saturated heterocycles. The van der Waals surface area contributed by atoms with E-state index >= 15 is 0 Å². The van der Waals surface area contributed by atoms with Crippen molar-refractivity contribution in [2.24, 2.45) is 50.2 Å². The molecule has 5 rings (SSSR count). The molecule has 0 aromatic heterocycles. The third-order valence-electron chi connectivity index (χ3n) is 12.5. The summed E-state index contributed by atoms with van der Waals surface area (Å²) in [6, 6.07) is 0. The highest BCUT2D eigenvalue weighted by atomic mass is 16.4. The molecular weight excluding hydrogens is 424 g/mol. The molecule has 2 N–H and O–H groups in total. The van der Waals surface area contributed by atoms with Gasteiger partial charge < -0.3 is 10.2 Å². The van der Waals surface area contributed by atoms with E-state index in [1.165, 1.54) is 0 Å². The first-order valence-corrected chi connectivity index (χ1v) is 13.3. The van der Waals surface area contributed by atoms with Crippen molar-refractivity contribution in [3.05, 3.63) is 11.6 Å². The average Bonchev–Trinajstić information content (AvgIpc) is 2.74. The number of carboxylic acids is 1. The molecule has 9 atom stereocenters. The van der Waals surface area contributed by atoms with Crippen LogP contribution in [0.25, 0.3) is 0 Å². The molecule has 4 heteroatoms. The van der Waals surface area contributed by atoms with E-state index in [4.69, 9.17) is 4.11 Å². The standard InChI is InChI=1S/C30H46O4/c1-25(2)21-8-11-30(7)23(28(21,5)10-9-22(25)32)20(31)16-18-19-17-27(4,24(33)34)13-12-26(19,3)14-15-29(18,30)6/h16,19,21-23,32H,8-15,17H2,1-7H3,(H,33,34)/i9D2,22D. The van der Waals surface area contributed by atoms with Crippen LogP contribution < -0.4 is 0 Å². The Bertz CT molecular complexity index is 1100. The lowest BCUT2D eigenvalue weighted by Gasteiger charge is -2.70. The van der Waals surface area contributed by atoms with Crippen molar-refractivity contribution in [2.75, 3.05) is 0 Å². The predicted molar refractivity (Wildman–Crippen MR) is 133 cm³/mol. The number of hydrogen-bond acceptors (Lipinski definition) is 3. The molecule has 0 bridgehead atoms. The van der Waals surface area contributed by atoms with Crippen LogP contribution in [0.3, 0.4) is 0 Å². The molecule has 5 aliphatic rings. The van der Waals surface area contributed by atoms with Gasteiger partial charge in [-0.2, -0.15) is 0 Å². The summed E-state index contributed by atoms with van der Waals surface area (Å²) in [5.74, 6) is -1.24. The molecule has 9 unspecified atom stereocenters. The highest BCUT2D eigenvalue weighted by molar-refractivity contribution is 5.95. The fourth-order valence-electron chi connectivity index (χ4n) is 9.85. The molecule has 190 valence electrons. The SMILES string of the molecule is [2H]C1([2H])CC2(C)C(CCC3(C)C2C(=O)C=C2C4CC(C)(C(=O)O)CCC4(C)CCC23C)C(C)(C)C1([2H])O. The Hall–Kier alpha value is -1.16. The molecule has 0 aromatic rings. The van der Waals surface area contributed by atoms with Gasteiger partial charge in [-0.3, -0.25) is 9.59 Å². The molecule has 0 aliphatic heterocycles. The minimum Gasteiger partial charge on any atom is -0.481 e.